The van der Waals surface area contributed by atoms with Crippen LogP contribution in [0.2, 0.25) is 0 Å². The number of nitro groups is 1. The zero-order valence-corrected chi connectivity index (χ0v) is 14.5. The molecule has 2 atom stereocenters. The van der Waals surface area contributed by atoms with Gasteiger partial charge in [0.25, 0.3) is 5.69 Å². The molecule has 0 bridgehead atoms. The van der Waals surface area contributed by atoms with Gasteiger partial charge in [-0.2, -0.15) is 11.3 Å². The zero-order chi connectivity index (χ0) is 17.4. The fourth-order valence-electron chi connectivity index (χ4n) is 3.17. The molecule has 3 heterocycles. The molecule has 0 N–H and O–H groups in total. The van der Waals surface area contributed by atoms with Crippen LogP contribution in [0.4, 0.5) is 11.5 Å². The second-order valence-electron chi connectivity index (χ2n) is 6.20. The highest BCUT2D eigenvalue weighted by atomic mass is 32.1. The molecule has 25 heavy (non-hydrogen) atoms. The summed E-state index contributed by atoms with van der Waals surface area (Å²) in [5.41, 5.74) is 2.03. The van der Waals surface area contributed by atoms with Crippen molar-refractivity contribution in [2.24, 2.45) is 0 Å². The van der Waals surface area contributed by atoms with Crippen LogP contribution in [0.5, 0.6) is 0 Å². The topological polar surface area (TPSA) is 68.5 Å². The smallest absolute Gasteiger partial charge is 0.270 e. The summed E-state index contributed by atoms with van der Waals surface area (Å²) in [5.74, 6) is 0.872. The van der Waals surface area contributed by atoms with Crippen LogP contribution in [-0.2, 0) is 4.74 Å². The van der Waals surface area contributed by atoms with E-state index in [1.807, 2.05) is 12.1 Å². The number of ether oxygens (including phenoxy) is 1. The number of benzene rings is 1. The first-order valence-corrected chi connectivity index (χ1v) is 9.02. The molecule has 2 aromatic heterocycles. The third kappa shape index (κ3) is 3.20. The lowest BCUT2D eigenvalue weighted by Crippen LogP contribution is -2.43. The summed E-state index contributed by atoms with van der Waals surface area (Å²) in [5, 5.41) is 15.9. The van der Waals surface area contributed by atoms with Gasteiger partial charge in [-0.25, -0.2) is 4.98 Å². The van der Waals surface area contributed by atoms with Crippen LogP contribution in [0.15, 0.2) is 47.2 Å². The number of pyridine rings is 1. The fourth-order valence-corrected chi connectivity index (χ4v) is 3.87. The van der Waals surface area contributed by atoms with Gasteiger partial charge in [0.15, 0.2) is 0 Å². The highest BCUT2D eigenvalue weighted by Crippen LogP contribution is 2.30. The maximum absolute atomic E-state index is 10.9. The monoisotopic (exact) mass is 355 g/mol. The van der Waals surface area contributed by atoms with E-state index in [1.54, 1.807) is 23.5 Å². The number of hydrogen-bond donors (Lipinski definition) is 0. The first kappa shape index (κ1) is 16.0. The van der Waals surface area contributed by atoms with Crippen molar-refractivity contribution >= 4 is 33.7 Å². The highest BCUT2D eigenvalue weighted by Gasteiger charge is 2.27. The normalized spacial score (nSPS) is 20.8. The molecule has 1 saturated heterocycles. The number of anilines is 1. The maximum atomic E-state index is 10.9. The van der Waals surface area contributed by atoms with Crippen molar-refractivity contribution in [2.45, 2.75) is 19.1 Å². The molecule has 4 rings (SSSR count). The van der Waals surface area contributed by atoms with Crippen molar-refractivity contribution in [1.29, 1.82) is 0 Å². The minimum absolute atomic E-state index is 0.0318. The standard InChI is InChI=1S/C18H17N3O3S/c1-12-9-20(10-17(24-12)14-6-7-25-11-14)18-5-2-13-8-15(21(22)23)3-4-16(13)19-18/h2-8,11-12,17H,9-10H2,1H3. The Morgan fingerprint density at radius 3 is 2.92 bits per heavy atom. The van der Waals surface area contributed by atoms with E-state index in [0.717, 1.165) is 29.8 Å². The molecule has 3 aromatic rings. The Hall–Kier alpha value is -2.51. The summed E-state index contributed by atoms with van der Waals surface area (Å²) in [6.45, 7) is 3.58. The highest BCUT2D eigenvalue weighted by molar-refractivity contribution is 7.07. The van der Waals surface area contributed by atoms with Gasteiger partial charge in [0.1, 0.15) is 11.9 Å². The average Bonchev–Trinajstić information content (AvgIpc) is 3.15. The van der Waals surface area contributed by atoms with E-state index in [1.165, 1.54) is 11.6 Å². The second-order valence-corrected chi connectivity index (χ2v) is 6.98. The Labute approximate surface area is 148 Å². The molecule has 0 amide bonds. The number of aromatic nitrogens is 1. The molecule has 1 fully saturated rings. The van der Waals surface area contributed by atoms with Crippen LogP contribution in [-0.4, -0.2) is 29.1 Å². The third-order valence-electron chi connectivity index (χ3n) is 4.37. The molecule has 1 aliphatic rings. The maximum Gasteiger partial charge on any atom is 0.270 e. The molecule has 1 aliphatic heterocycles. The van der Waals surface area contributed by atoms with E-state index in [-0.39, 0.29) is 22.8 Å². The lowest BCUT2D eigenvalue weighted by Gasteiger charge is -2.37. The van der Waals surface area contributed by atoms with Crippen LogP contribution >= 0.6 is 11.3 Å². The van der Waals surface area contributed by atoms with Gasteiger partial charge in [-0.3, -0.25) is 10.1 Å². The van der Waals surface area contributed by atoms with E-state index >= 15 is 0 Å². The van der Waals surface area contributed by atoms with Crippen LogP contribution in [0.3, 0.4) is 0 Å². The largest absolute Gasteiger partial charge is 0.367 e. The number of nitro benzene ring substituents is 1. The van der Waals surface area contributed by atoms with Gasteiger partial charge < -0.3 is 9.64 Å². The second kappa shape index (κ2) is 6.42. The van der Waals surface area contributed by atoms with E-state index in [2.05, 4.69) is 28.7 Å². The van der Waals surface area contributed by atoms with Crippen molar-refractivity contribution in [3.63, 3.8) is 0 Å². The summed E-state index contributed by atoms with van der Waals surface area (Å²) in [4.78, 5) is 17.4. The van der Waals surface area contributed by atoms with Gasteiger partial charge >= 0.3 is 0 Å². The third-order valence-corrected chi connectivity index (χ3v) is 5.07. The van der Waals surface area contributed by atoms with Gasteiger partial charge in [0.05, 0.1) is 16.5 Å². The average molecular weight is 355 g/mol. The number of fused-ring (bicyclic) bond motifs is 1. The summed E-state index contributed by atoms with van der Waals surface area (Å²) < 4.78 is 6.07. The minimum atomic E-state index is -0.386. The summed E-state index contributed by atoms with van der Waals surface area (Å²) in [6.07, 6.45) is 0.136. The Balaban J connectivity index is 1.64. The Bertz CT molecular complexity index is 913. The first-order valence-electron chi connectivity index (χ1n) is 8.08. The molecule has 0 saturated carbocycles. The van der Waals surface area contributed by atoms with Gasteiger partial charge in [-0.1, -0.05) is 0 Å². The summed E-state index contributed by atoms with van der Waals surface area (Å²) in [6, 6.07) is 10.7. The molecule has 6 nitrogen and oxygen atoms in total. The Kier molecular flexibility index (Phi) is 4.10. The van der Waals surface area contributed by atoms with Gasteiger partial charge in [0, 0.05) is 30.6 Å². The van der Waals surface area contributed by atoms with E-state index in [4.69, 9.17) is 9.72 Å². The molecule has 0 spiro atoms. The molecular formula is C18H17N3O3S. The van der Waals surface area contributed by atoms with E-state index in [9.17, 15) is 10.1 Å². The fraction of sp³-hybridized carbons (Fsp3) is 0.278. The molecule has 1 aromatic carbocycles. The lowest BCUT2D eigenvalue weighted by molar-refractivity contribution is -0.384. The van der Waals surface area contributed by atoms with Crippen molar-refractivity contribution < 1.29 is 9.66 Å². The van der Waals surface area contributed by atoms with Crippen molar-refractivity contribution in [2.75, 3.05) is 18.0 Å². The number of morpholine rings is 1. The van der Waals surface area contributed by atoms with E-state index in [0.29, 0.717) is 0 Å². The minimum Gasteiger partial charge on any atom is -0.367 e. The molecular weight excluding hydrogens is 338 g/mol. The Morgan fingerprint density at radius 2 is 2.16 bits per heavy atom. The van der Waals surface area contributed by atoms with Gasteiger partial charge in [-0.15, -0.1) is 0 Å². The molecule has 7 heteroatoms. The molecule has 2 unspecified atom stereocenters. The first-order chi connectivity index (χ1) is 12.1. The number of thiophene rings is 1. The Morgan fingerprint density at radius 1 is 1.28 bits per heavy atom. The van der Waals surface area contributed by atoms with Crippen LogP contribution in [0, 0.1) is 10.1 Å². The number of nitrogens with zero attached hydrogens (tertiary/aromatic N) is 3. The quantitative estimate of drug-likeness (QED) is 0.521. The van der Waals surface area contributed by atoms with Crippen molar-refractivity contribution in [3.05, 3.63) is 62.8 Å². The van der Waals surface area contributed by atoms with Crippen LogP contribution < -0.4 is 4.90 Å². The van der Waals surface area contributed by atoms with Crippen molar-refractivity contribution in [3.8, 4) is 0 Å². The predicted molar refractivity (Wildman–Crippen MR) is 98.2 cm³/mol. The van der Waals surface area contributed by atoms with E-state index < -0.39 is 0 Å². The molecule has 0 radical (unpaired) electrons. The summed E-state index contributed by atoms with van der Waals surface area (Å²) >= 11 is 1.67. The zero-order valence-electron chi connectivity index (χ0n) is 13.7. The SMILES string of the molecule is CC1CN(c2ccc3cc([N+](=O)[O-])ccc3n2)CC(c2ccsc2)O1. The number of rotatable bonds is 3. The number of hydrogen-bond acceptors (Lipinski definition) is 6. The van der Waals surface area contributed by atoms with Gasteiger partial charge in [0.2, 0.25) is 0 Å². The summed E-state index contributed by atoms with van der Waals surface area (Å²) in [7, 11) is 0. The lowest BCUT2D eigenvalue weighted by atomic mass is 10.1. The van der Waals surface area contributed by atoms with Crippen LogP contribution in [0.25, 0.3) is 10.9 Å². The van der Waals surface area contributed by atoms with Crippen molar-refractivity contribution in [1.82, 2.24) is 4.98 Å². The predicted octanol–water partition coefficient (Wildman–Crippen LogP) is 4.17. The number of non-ortho nitro benzene ring substituents is 1. The van der Waals surface area contributed by atoms with Crippen LogP contribution in [0.1, 0.15) is 18.6 Å². The van der Waals surface area contributed by atoms with Gasteiger partial charge in [-0.05, 0) is 47.5 Å². The molecule has 0 aliphatic carbocycles. The molecule has 128 valence electrons.